The van der Waals surface area contributed by atoms with Gasteiger partial charge in [0.1, 0.15) is 0 Å². The van der Waals surface area contributed by atoms with E-state index in [1.807, 2.05) is 91.6 Å². The van der Waals surface area contributed by atoms with Gasteiger partial charge in [-0.25, -0.2) is 0 Å². The minimum Gasteiger partial charge on any atom is -0.322 e. The number of hydrogen-bond acceptors (Lipinski definition) is 1. The maximum absolute atomic E-state index is 13.4. The number of amides is 1. The second-order valence-corrected chi connectivity index (χ2v) is 10.4. The zero-order valence-corrected chi connectivity index (χ0v) is 17.8. The predicted octanol–water partition coefficient (Wildman–Crippen LogP) is 4.73. The van der Waals surface area contributed by atoms with Crippen molar-refractivity contribution in [3.63, 3.8) is 0 Å². The highest BCUT2D eigenvalue weighted by molar-refractivity contribution is 7.95. The zero-order chi connectivity index (χ0) is 20.8. The smallest absolute Gasteiger partial charge is 0.249 e. The molecule has 0 heterocycles. The summed E-state index contributed by atoms with van der Waals surface area (Å²) >= 11 is 0. The van der Waals surface area contributed by atoms with Gasteiger partial charge in [0.25, 0.3) is 0 Å². The summed E-state index contributed by atoms with van der Waals surface area (Å²) < 4.78 is 0. The molecular weight excluding hydrogens is 385 g/mol. The van der Waals surface area contributed by atoms with Crippen LogP contribution >= 0.6 is 6.89 Å². The van der Waals surface area contributed by atoms with Crippen molar-refractivity contribution in [3.05, 3.63) is 121 Å². The van der Waals surface area contributed by atoms with Gasteiger partial charge in [-0.15, -0.1) is 0 Å². The third-order valence-corrected chi connectivity index (χ3v) is 9.16. The van der Waals surface area contributed by atoms with Crippen molar-refractivity contribution < 1.29 is 4.79 Å². The normalized spacial score (nSPS) is 11.0. The Balaban J connectivity index is 1.96. The summed E-state index contributed by atoms with van der Waals surface area (Å²) in [6.07, 6.45) is 0. The minimum absolute atomic E-state index is 0.0887. The summed E-state index contributed by atoms with van der Waals surface area (Å²) in [4.78, 5) is 13.4. The van der Waals surface area contributed by atoms with E-state index < -0.39 is 6.89 Å². The topological polar surface area (TPSA) is 29.1 Å². The van der Waals surface area contributed by atoms with Gasteiger partial charge in [0, 0.05) is 11.5 Å². The van der Waals surface area contributed by atoms with E-state index in [9.17, 15) is 4.79 Å². The number of aryl methyl sites for hydroxylation is 1. The second-order valence-electron chi connectivity index (χ2n) is 7.16. The molecule has 0 bridgehead atoms. The number of rotatable bonds is 5. The summed E-state index contributed by atoms with van der Waals surface area (Å²) in [7, 11) is 0. The first-order valence-corrected chi connectivity index (χ1v) is 11.8. The minimum atomic E-state index is -2.30. The molecule has 0 saturated heterocycles. The van der Waals surface area contributed by atoms with Crippen LogP contribution in [0.15, 0.2) is 115 Å². The van der Waals surface area contributed by atoms with Crippen LogP contribution in [0.2, 0.25) is 0 Å². The van der Waals surface area contributed by atoms with Crippen molar-refractivity contribution in [2.24, 2.45) is 0 Å². The van der Waals surface area contributed by atoms with Gasteiger partial charge >= 0.3 is 0 Å². The quantitative estimate of drug-likeness (QED) is 0.475. The first-order chi connectivity index (χ1) is 14.7. The van der Waals surface area contributed by atoms with Crippen LogP contribution in [0.3, 0.4) is 0 Å². The van der Waals surface area contributed by atoms with Crippen molar-refractivity contribution in [2.75, 3.05) is 5.32 Å². The standard InChI is InChI=1S/C27H24NOP/c1-22-13-11-12-20-26(22)28-27(29)21-30(23-14-5-2-6-15-23,24-16-7-3-8-17-24)25-18-9-4-10-19-25/h2-21H,1H3,(H,28,29). The number of carbonyl (C=O) groups excluding carboxylic acids is 1. The molecule has 2 nitrogen and oxygen atoms in total. The molecule has 30 heavy (non-hydrogen) atoms. The average Bonchev–Trinajstić information content (AvgIpc) is 2.81. The van der Waals surface area contributed by atoms with E-state index in [0.717, 1.165) is 27.2 Å². The van der Waals surface area contributed by atoms with Gasteiger partial charge in [0.2, 0.25) is 5.91 Å². The number of anilines is 1. The van der Waals surface area contributed by atoms with Gasteiger partial charge in [-0.1, -0.05) is 109 Å². The Morgan fingerprint density at radius 2 is 1.03 bits per heavy atom. The van der Waals surface area contributed by atoms with E-state index in [-0.39, 0.29) is 5.91 Å². The molecule has 4 aromatic rings. The van der Waals surface area contributed by atoms with Gasteiger partial charge in [0.15, 0.2) is 0 Å². The number of benzene rings is 4. The van der Waals surface area contributed by atoms with Gasteiger partial charge in [-0.05, 0) is 41.4 Å². The highest BCUT2D eigenvalue weighted by atomic mass is 31.2. The monoisotopic (exact) mass is 409 g/mol. The van der Waals surface area contributed by atoms with E-state index in [0.29, 0.717) is 0 Å². The molecule has 0 aliphatic heterocycles. The summed E-state index contributed by atoms with van der Waals surface area (Å²) in [5.41, 5.74) is 1.88. The van der Waals surface area contributed by atoms with Gasteiger partial charge < -0.3 is 5.32 Å². The van der Waals surface area contributed by atoms with Gasteiger partial charge in [-0.3, -0.25) is 4.79 Å². The van der Waals surface area contributed by atoms with Crippen LogP contribution in [-0.4, -0.2) is 11.7 Å². The first-order valence-electron chi connectivity index (χ1n) is 9.98. The molecule has 0 saturated carbocycles. The highest BCUT2D eigenvalue weighted by Gasteiger charge is 2.26. The van der Waals surface area contributed by atoms with Gasteiger partial charge in [0.05, 0.1) is 0 Å². The van der Waals surface area contributed by atoms with Crippen LogP contribution in [0, 0.1) is 6.92 Å². The molecule has 0 radical (unpaired) electrons. The molecule has 4 aromatic carbocycles. The summed E-state index contributed by atoms with van der Waals surface area (Å²) in [6, 6.07) is 39.0. The lowest BCUT2D eigenvalue weighted by molar-refractivity contribution is -0.109. The lowest BCUT2D eigenvalue weighted by Crippen LogP contribution is -2.30. The molecule has 3 heteroatoms. The summed E-state index contributed by atoms with van der Waals surface area (Å²) in [5.74, 6) is 1.83. The van der Waals surface area contributed by atoms with E-state index in [2.05, 4.69) is 41.7 Å². The van der Waals surface area contributed by atoms with Crippen LogP contribution < -0.4 is 21.2 Å². The lowest BCUT2D eigenvalue weighted by Gasteiger charge is -2.28. The predicted molar refractivity (Wildman–Crippen MR) is 131 cm³/mol. The first kappa shape index (κ1) is 19.9. The summed E-state index contributed by atoms with van der Waals surface area (Å²) in [5, 5.41) is 6.57. The zero-order valence-electron chi connectivity index (χ0n) is 16.9. The van der Waals surface area contributed by atoms with E-state index >= 15 is 0 Å². The molecule has 0 fully saturated rings. The van der Waals surface area contributed by atoms with Crippen LogP contribution in [0.25, 0.3) is 0 Å². The van der Waals surface area contributed by atoms with Gasteiger partial charge in [-0.2, -0.15) is 0 Å². The fraction of sp³-hybridized carbons (Fsp3) is 0.0370. The molecule has 0 spiro atoms. The third kappa shape index (κ3) is 4.01. The molecule has 0 aliphatic rings. The molecule has 1 N–H and O–H groups in total. The molecule has 0 aromatic heterocycles. The Hall–Kier alpha value is -3.35. The highest BCUT2D eigenvalue weighted by Crippen LogP contribution is 2.43. The molecule has 0 unspecified atom stereocenters. The fourth-order valence-electron chi connectivity index (χ4n) is 3.71. The molecule has 0 aliphatic carbocycles. The van der Waals surface area contributed by atoms with Crippen LogP contribution in [0.4, 0.5) is 5.69 Å². The van der Waals surface area contributed by atoms with Crippen molar-refractivity contribution in [2.45, 2.75) is 6.92 Å². The van der Waals surface area contributed by atoms with Crippen LogP contribution in [0.1, 0.15) is 5.56 Å². The Morgan fingerprint density at radius 1 is 0.633 bits per heavy atom. The van der Waals surface area contributed by atoms with Crippen molar-refractivity contribution in [3.8, 4) is 0 Å². The largest absolute Gasteiger partial charge is 0.322 e. The maximum Gasteiger partial charge on any atom is 0.249 e. The van der Waals surface area contributed by atoms with Crippen molar-refractivity contribution >= 4 is 40.2 Å². The number of nitrogens with one attached hydrogen (secondary N) is 1. The van der Waals surface area contributed by atoms with Crippen molar-refractivity contribution in [1.29, 1.82) is 0 Å². The number of para-hydroxylation sites is 1. The number of carbonyl (C=O) groups is 1. The lowest BCUT2D eigenvalue weighted by atomic mass is 10.2. The second kappa shape index (κ2) is 8.98. The Bertz CT molecular complexity index is 1080. The Labute approximate surface area is 178 Å². The summed E-state index contributed by atoms with van der Waals surface area (Å²) in [6.45, 7) is -0.295. The van der Waals surface area contributed by atoms with E-state index in [1.165, 1.54) is 0 Å². The molecule has 0 atom stereocenters. The Kier molecular flexibility index (Phi) is 5.97. The van der Waals surface area contributed by atoms with Crippen molar-refractivity contribution in [1.82, 2.24) is 0 Å². The molecule has 4 rings (SSSR count). The molecule has 148 valence electrons. The molecular formula is C27H24NOP. The Morgan fingerprint density at radius 3 is 1.47 bits per heavy atom. The van der Waals surface area contributed by atoms with E-state index in [1.54, 1.807) is 0 Å². The van der Waals surface area contributed by atoms with Crippen LogP contribution in [-0.2, 0) is 4.79 Å². The number of hydrogen-bond donors (Lipinski definition) is 1. The van der Waals surface area contributed by atoms with Crippen LogP contribution in [0.5, 0.6) is 0 Å². The SMILES string of the molecule is Cc1ccccc1NC(=O)C=P(c1ccccc1)(c1ccccc1)c1ccccc1. The molecule has 1 amide bonds. The third-order valence-electron chi connectivity index (χ3n) is 5.20. The van der Waals surface area contributed by atoms with E-state index in [4.69, 9.17) is 0 Å². The average molecular weight is 409 g/mol. The fourth-order valence-corrected chi connectivity index (χ4v) is 7.40. The maximum atomic E-state index is 13.4.